The summed E-state index contributed by atoms with van der Waals surface area (Å²) < 4.78 is 6.81. The Bertz CT molecular complexity index is 1100. The fourth-order valence-corrected chi connectivity index (χ4v) is 2.63. The summed E-state index contributed by atoms with van der Waals surface area (Å²) in [5, 5.41) is 9.24. The van der Waals surface area contributed by atoms with Gasteiger partial charge < -0.3 is 9.40 Å². The second-order valence-electron chi connectivity index (χ2n) is 5.35. The van der Waals surface area contributed by atoms with Gasteiger partial charge in [0.2, 0.25) is 5.95 Å². The summed E-state index contributed by atoms with van der Waals surface area (Å²) in [4.78, 5) is 31.1. The van der Waals surface area contributed by atoms with Crippen molar-refractivity contribution in [2.45, 2.75) is 13.5 Å². The molecule has 126 valence electrons. The number of benzene rings is 1. The van der Waals surface area contributed by atoms with Gasteiger partial charge in [-0.25, -0.2) is 4.79 Å². The van der Waals surface area contributed by atoms with E-state index in [0.29, 0.717) is 29.2 Å². The number of fused-ring (bicyclic) bond motifs is 1. The fourth-order valence-electron chi connectivity index (χ4n) is 2.63. The molecule has 0 aliphatic carbocycles. The van der Waals surface area contributed by atoms with Crippen molar-refractivity contribution in [3.8, 4) is 11.6 Å². The molecule has 3 N–H and O–H groups in total. The van der Waals surface area contributed by atoms with Crippen LogP contribution < -0.4 is 11.0 Å². The molecule has 0 saturated heterocycles. The van der Waals surface area contributed by atoms with Gasteiger partial charge in [-0.2, -0.15) is 4.98 Å². The fraction of sp³-hybridized carbons (Fsp3) is 0.125. The molecule has 9 nitrogen and oxygen atoms in total. The molecule has 4 rings (SSSR count). The van der Waals surface area contributed by atoms with Crippen molar-refractivity contribution in [1.29, 1.82) is 0 Å². The zero-order valence-electron chi connectivity index (χ0n) is 13.2. The molecule has 0 aliphatic heterocycles. The maximum atomic E-state index is 12.4. The van der Waals surface area contributed by atoms with Crippen molar-refractivity contribution in [1.82, 2.24) is 24.7 Å². The van der Waals surface area contributed by atoms with Crippen molar-refractivity contribution in [2.24, 2.45) is 0 Å². The van der Waals surface area contributed by atoms with Crippen molar-refractivity contribution >= 4 is 22.9 Å². The standard InChI is InChI=1S/C16H14N6O3/c1-2-22-11-6-5-9(8-10(11)17-16(22)24)14(23)19-15-18-13(20-21-15)12-4-3-7-25-12/h3-8H,2H2,1H3,(H,17,24)(H2,18,19,20,21,23). The molecule has 0 bridgehead atoms. The van der Waals surface area contributed by atoms with Crippen LogP contribution in [0.15, 0.2) is 45.8 Å². The van der Waals surface area contributed by atoms with Crippen LogP contribution >= 0.6 is 0 Å². The largest absolute Gasteiger partial charge is 0.461 e. The predicted octanol–water partition coefficient (Wildman–Crippen LogP) is 1.98. The molecular weight excluding hydrogens is 324 g/mol. The average Bonchev–Trinajstić information content (AvgIpc) is 3.32. The van der Waals surface area contributed by atoms with E-state index in [1.165, 1.54) is 6.26 Å². The Hall–Kier alpha value is -3.62. The van der Waals surface area contributed by atoms with Gasteiger partial charge in [0.25, 0.3) is 5.91 Å². The van der Waals surface area contributed by atoms with E-state index in [9.17, 15) is 9.59 Å². The van der Waals surface area contributed by atoms with E-state index in [2.05, 4.69) is 25.5 Å². The molecule has 0 atom stereocenters. The van der Waals surface area contributed by atoms with E-state index < -0.39 is 0 Å². The number of aromatic amines is 2. The number of hydrogen-bond donors (Lipinski definition) is 3. The normalized spacial score (nSPS) is 11.1. The topological polar surface area (TPSA) is 122 Å². The van der Waals surface area contributed by atoms with Crippen LogP contribution in [0.5, 0.6) is 0 Å². The van der Waals surface area contributed by atoms with Crippen molar-refractivity contribution in [3.63, 3.8) is 0 Å². The molecule has 0 spiro atoms. The van der Waals surface area contributed by atoms with Gasteiger partial charge in [-0.15, -0.1) is 5.10 Å². The van der Waals surface area contributed by atoms with Crippen LogP contribution in [-0.4, -0.2) is 30.6 Å². The number of nitrogens with one attached hydrogen (secondary N) is 3. The van der Waals surface area contributed by atoms with Gasteiger partial charge in [-0.3, -0.25) is 19.8 Å². The molecule has 0 fully saturated rings. The third-order valence-electron chi connectivity index (χ3n) is 3.82. The second kappa shape index (κ2) is 5.78. The van der Waals surface area contributed by atoms with E-state index in [1.807, 2.05) is 6.92 Å². The Morgan fingerprint density at radius 3 is 3.00 bits per heavy atom. The van der Waals surface area contributed by atoms with Crippen LogP contribution in [0, 0.1) is 0 Å². The minimum Gasteiger partial charge on any atom is -0.461 e. The summed E-state index contributed by atoms with van der Waals surface area (Å²) in [6.07, 6.45) is 1.52. The van der Waals surface area contributed by atoms with Gasteiger partial charge in [0.15, 0.2) is 11.6 Å². The molecule has 3 aromatic heterocycles. The minimum absolute atomic E-state index is 0.135. The molecule has 25 heavy (non-hydrogen) atoms. The lowest BCUT2D eigenvalue weighted by molar-refractivity contribution is 0.102. The highest BCUT2D eigenvalue weighted by Crippen LogP contribution is 2.17. The van der Waals surface area contributed by atoms with Gasteiger partial charge in [0, 0.05) is 12.1 Å². The van der Waals surface area contributed by atoms with Crippen LogP contribution in [0.2, 0.25) is 0 Å². The van der Waals surface area contributed by atoms with Crippen molar-refractivity contribution < 1.29 is 9.21 Å². The third kappa shape index (κ3) is 2.61. The SMILES string of the molecule is CCn1c(=O)[nH]c2cc(C(=O)Nc3n[nH]c(-c4ccco4)n3)ccc21. The van der Waals surface area contributed by atoms with Crippen LogP contribution in [0.4, 0.5) is 5.95 Å². The van der Waals surface area contributed by atoms with Crippen LogP contribution in [0.3, 0.4) is 0 Å². The number of furan rings is 1. The lowest BCUT2D eigenvalue weighted by Crippen LogP contribution is -2.14. The Morgan fingerprint density at radius 2 is 2.24 bits per heavy atom. The number of amides is 1. The smallest absolute Gasteiger partial charge is 0.326 e. The number of anilines is 1. The number of rotatable bonds is 4. The summed E-state index contributed by atoms with van der Waals surface area (Å²) in [5.41, 5.74) is 1.54. The number of carbonyl (C=O) groups is 1. The third-order valence-corrected chi connectivity index (χ3v) is 3.82. The molecule has 1 amide bonds. The minimum atomic E-state index is -0.378. The van der Waals surface area contributed by atoms with E-state index in [4.69, 9.17) is 4.42 Å². The Labute approximate surface area is 140 Å². The van der Waals surface area contributed by atoms with Gasteiger partial charge in [-0.05, 0) is 37.3 Å². The highest BCUT2D eigenvalue weighted by Gasteiger charge is 2.14. The summed E-state index contributed by atoms with van der Waals surface area (Å²) in [7, 11) is 0. The van der Waals surface area contributed by atoms with Crippen molar-refractivity contribution in [3.05, 3.63) is 52.6 Å². The highest BCUT2D eigenvalue weighted by molar-refractivity contribution is 6.05. The summed E-state index contributed by atoms with van der Waals surface area (Å²) in [6.45, 7) is 2.44. The Balaban J connectivity index is 1.59. The number of hydrogen-bond acceptors (Lipinski definition) is 5. The lowest BCUT2D eigenvalue weighted by atomic mass is 10.2. The molecule has 0 unspecified atom stereocenters. The summed E-state index contributed by atoms with van der Waals surface area (Å²) in [5.74, 6) is 0.695. The number of aryl methyl sites for hydroxylation is 1. The molecule has 3 heterocycles. The quantitative estimate of drug-likeness (QED) is 0.525. The van der Waals surface area contributed by atoms with Crippen molar-refractivity contribution in [2.75, 3.05) is 5.32 Å². The zero-order chi connectivity index (χ0) is 17.4. The second-order valence-corrected chi connectivity index (χ2v) is 5.35. The molecule has 0 radical (unpaired) electrons. The van der Waals surface area contributed by atoms with E-state index in [1.54, 1.807) is 34.9 Å². The summed E-state index contributed by atoms with van der Waals surface area (Å²) >= 11 is 0. The van der Waals surface area contributed by atoms with Gasteiger partial charge >= 0.3 is 5.69 Å². The number of aromatic nitrogens is 5. The predicted molar refractivity (Wildman–Crippen MR) is 90.3 cm³/mol. The Kier molecular flexibility index (Phi) is 3.46. The first-order valence-electron chi connectivity index (χ1n) is 7.66. The van der Waals surface area contributed by atoms with Gasteiger partial charge in [0.05, 0.1) is 17.3 Å². The number of imidazole rings is 1. The highest BCUT2D eigenvalue weighted by atomic mass is 16.3. The summed E-state index contributed by atoms with van der Waals surface area (Å²) in [6, 6.07) is 8.47. The van der Waals surface area contributed by atoms with Crippen LogP contribution in [0.25, 0.3) is 22.6 Å². The molecule has 4 aromatic rings. The number of nitrogens with zero attached hydrogens (tertiary/aromatic N) is 3. The average molecular weight is 338 g/mol. The van der Waals surface area contributed by atoms with E-state index >= 15 is 0 Å². The maximum Gasteiger partial charge on any atom is 0.326 e. The molecule has 0 saturated carbocycles. The zero-order valence-corrected chi connectivity index (χ0v) is 13.2. The lowest BCUT2D eigenvalue weighted by Gasteiger charge is -2.02. The van der Waals surface area contributed by atoms with E-state index in [0.717, 1.165) is 5.52 Å². The first-order valence-corrected chi connectivity index (χ1v) is 7.66. The first-order chi connectivity index (χ1) is 12.2. The van der Waals surface area contributed by atoms with Crippen LogP contribution in [-0.2, 0) is 6.54 Å². The number of H-pyrrole nitrogens is 2. The first kappa shape index (κ1) is 14.9. The van der Waals surface area contributed by atoms with Gasteiger partial charge in [0.1, 0.15) is 0 Å². The van der Waals surface area contributed by atoms with Gasteiger partial charge in [-0.1, -0.05) is 0 Å². The monoisotopic (exact) mass is 338 g/mol. The van der Waals surface area contributed by atoms with Crippen LogP contribution in [0.1, 0.15) is 17.3 Å². The molecular formula is C16H14N6O3. The Morgan fingerprint density at radius 1 is 1.36 bits per heavy atom. The molecule has 1 aromatic carbocycles. The molecule has 0 aliphatic rings. The van der Waals surface area contributed by atoms with E-state index in [-0.39, 0.29) is 17.5 Å². The number of carbonyl (C=O) groups excluding carboxylic acids is 1. The maximum absolute atomic E-state index is 12.4. The molecule has 9 heteroatoms.